The second-order valence-electron chi connectivity index (χ2n) is 4.20. The highest BCUT2D eigenvalue weighted by Crippen LogP contribution is 2.13. The van der Waals surface area contributed by atoms with Gasteiger partial charge in [-0.1, -0.05) is 0 Å². The lowest BCUT2D eigenvalue weighted by atomic mass is 10.1. The number of aromatic nitrogens is 2. The van der Waals surface area contributed by atoms with E-state index in [-0.39, 0.29) is 0 Å². The zero-order chi connectivity index (χ0) is 12.1. The van der Waals surface area contributed by atoms with Crippen molar-refractivity contribution in [2.45, 2.75) is 20.0 Å². The second-order valence-corrected chi connectivity index (χ2v) is 4.20. The van der Waals surface area contributed by atoms with E-state index in [2.05, 4.69) is 15.4 Å². The van der Waals surface area contributed by atoms with Gasteiger partial charge in [0.05, 0.1) is 13.2 Å². The lowest BCUT2D eigenvalue weighted by molar-refractivity contribution is 0.0752. The SMILES string of the molecule is Cc1cc(NN)nc(COCC2CCOC2)n1. The number of nitrogens with zero attached hydrogens (tertiary/aromatic N) is 2. The Hall–Kier alpha value is -1.24. The first kappa shape index (κ1) is 12.2. The zero-order valence-electron chi connectivity index (χ0n) is 9.98. The molecule has 2 heterocycles. The molecular weight excluding hydrogens is 220 g/mol. The maximum absolute atomic E-state index is 5.58. The van der Waals surface area contributed by atoms with Gasteiger partial charge in [-0.2, -0.15) is 0 Å². The third-order valence-corrected chi connectivity index (χ3v) is 2.66. The molecule has 6 heteroatoms. The molecular formula is C11H18N4O2. The molecule has 94 valence electrons. The van der Waals surface area contributed by atoms with Crippen LogP contribution < -0.4 is 11.3 Å². The Morgan fingerprint density at radius 3 is 3.18 bits per heavy atom. The number of rotatable bonds is 5. The summed E-state index contributed by atoms with van der Waals surface area (Å²) in [6.07, 6.45) is 1.07. The lowest BCUT2D eigenvalue weighted by Gasteiger charge is -2.09. The summed E-state index contributed by atoms with van der Waals surface area (Å²) < 4.78 is 10.9. The van der Waals surface area contributed by atoms with Gasteiger partial charge in [0.25, 0.3) is 0 Å². The van der Waals surface area contributed by atoms with E-state index in [0.717, 1.165) is 25.3 Å². The van der Waals surface area contributed by atoms with Crippen LogP contribution in [-0.2, 0) is 16.1 Å². The minimum absolute atomic E-state index is 0.410. The van der Waals surface area contributed by atoms with Crippen molar-refractivity contribution in [3.05, 3.63) is 17.6 Å². The topological polar surface area (TPSA) is 82.3 Å². The number of hydrogen-bond acceptors (Lipinski definition) is 6. The molecule has 0 aromatic carbocycles. The van der Waals surface area contributed by atoms with Gasteiger partial charge < -0.3 is 14.9 Å². The molecule has 1 saturated heterocycles. The third kappa shape index (κ3) is 3.62. The van der Waals surface area contributed by atoms with Crippen molar-refractivity contribution in [1.82, 2.24) is 9.97 Å². The van der Waals surface area contributed by atoms with Gasteiger partial charge >= 0.3 is 0 Å². The average Bonchev–Trinajstić information content (AvgIpc) is 2.81. The van der Waals surface area contributed by atoms with Gasteiger partial charge in [-0.15, -0.1) is 0 Å². The van der Waals surface area contributed by atoms with Crippen LogP contribution in [0.4, 0.5) is 5.82 Å². The van der Waals surface area contributed by atoms with Gasteiger partial charge in [0.1, 0.15) is 12.4 Å². The Bertz CT molecular complexity index is 366. The van der Waals surface area contributed by atoms with E-state index in [1.807, 2.05) is 6.92 Å². The monoisotopic (exact) mass is 238 g/mol. The van der Waals surface area contributed by atoms with Crippen molar-refractivity contribution in [1.29, 1.82) is 0 Å². The fourth-order valence-electron chi connectivity index (χ4n) is 1.80. The molecule has 3 N–H and O–H groups in total. The van der Waals surface area contributed by atoms with Crippen LogP contribution in [0.1, 0.15) is 17.9 Å². The van der Waals surface area contributed by atoms with Crippen LogP contribution in [0.25, 0.3) is 0 Å². The van der Waals surface area contributed by atoms with Crippen LogP contribution in [0.2, 0.25) is 0 Å². The summed E-state index contributed by atoms with van der Waals surface area (Å²) in [4.78, 5) is 8.50. The van der Waals surface area contributed by atoms with Crippen molar-refractivity contribution < 1.29 is 9.47 Å². The summed E-state index contributed by atoms with van der Waals surface area (Å²) >= 11 is 0. The van der Waals surface area contributed by atoms with Gasteiger partial charge in [-0.05, 0) is 13.3 Å². The van der Waals surface area contributed by atoms with E-state index >= 15 is 0 Å². The number of hydrogen-bond donors (Lipinski definition) is 2. The molecule has 0 spiro atoms. The minimum atomic E-state index is 0.410. The first-order valence-electron chi connectivity index (χ1n) is 5.74. The predicted molar refractivity (Wildman–Crippen MR) is 63.2 cm³/mol. The quantitative estimate of drug-likeness (QED) is 0.578. The first-order chi connectivity index (χ1) is 8.28. The molecule has 1 aliphatic heterocycles. The van der Waals surface area contributed by atoms with Gasteiger partial charge in [-0.25, -0.2) is 15.8 Å². The molecule has 1 aromatic heterocycles. The van der Waals surface area contributed by atoms with Gasteiger partial charge in [0.2, 0.25) is 0 Å². The van der Waals surface area contributed by atoms with E-state index in [0.29, 0.717) is 30.8 Å². The highest BCUT2D eigenvalue weighted by molar-refractivity contribution is 5.33. The molecule has 1 fully saturated rings. The molecule has 0 amide bonds. The lowest BCUT2D eigenvalue weighted by Crippen LogP contribution is -2.13. The smallest absolute Gasteiger partial charge is 0.156 e. The Kier molecular flexibility index (Phi) is 4.24. The van der Waals surface area contributed by atoms with Gasteiger partial charge in [0, 0.05) is 24.3 Å². The maximum Gasteiger partial charge on any atom is 0.156 e. The zero-order valence-corrected chi connectivity index (χ0v) is 9.98. The molecule has 0 aliphatic carbocycles. The minimum Gasteiger partial charge on any atom is -0.381 e. The van der Waals surface area contributed by atoms with Crippen LogP contribution >= 0.6 is 0 Å². The number of aryl methyl sites for hydroxylation is 1. The number of hydrazine groups is 1. The summed E-state index contributed by atoms with van der Waals surface area (Å²) in [6, 6.07) is 1.79. The van der Waals surface area contributed by atoms with Crippen molar-refractivity contribution in [3.63, 3.8) is 0 Å². The molecule has 0 bridgehead atoms. The largest absolute Gasteiger partial charge is 0.381 e. The van der Waals surface area contributed by atoms with Gasteiger partial charge in [0.15, 0.2) is 5.82 Å². The number of nitrogens with two attached hydrogens (primary N) is 1. The van der Waals surface area contributed by atoms with Crippen LogP contribution in [0.15, 0.2) is 6.07 Å². The third-order valence-electron chi connectivity index (χ3n) is 2.66. The Balaban J connectivity index is 1.83. The predicted octanol–water partition coefficient (Wildman–Crippen LogP) is 0.624. The van der Waals surface area contributed by atoms with E-state index < -0.39 is 0 Å². The normalized spacial score (nSPS) is 19.5. The van der Waals surface area contributed by atoms with Crippen molar-refractivity contribution in [2.24, 2.45) is 11.8 Å². The molecule has 0 radical (unpaired) electrons. The molecule has 1 aliphatic rings. The van der Waals surface area contributed by atoms with E-state index in [4.69, 9.17) is 15.3 Å². The summed E-state index contributed by atoms with van der Waals surface area (Å²) in [5, 5.41) is 0. The summed E-state index contributed by atoms with van der Waals surface area (Å²) in [7, 11) is 0. The van der Waals surface area contributed by atoms with E-state index in [1.54, 1.807) is 6.07 Å². The Morgan fingerprint density at radius 1 is 1.59 bits per heavy atom. The van der Waals surface area contributed by atoms with Crippen molar-refractivity contribution >= 4 is 5.82 Å². The fourth-order valence-corrected chi connectivity index (χ4v) is 1.80. The molecule has 1 aromatic rings. The number of nitrogen functional groups attached to an aromatic ring is 1. The van der Waals surface area contributed by atoms with Crippen molar-refractivity contribution in [2.75, 3.05) is 25.2 Å². The molecule has 17 heavy (non-hydrogen) atoms. The highest BCUT2D eigenvalue weighted by atomic mass is 16.5. The van der Waals surface area contributed by atoms with E-state index in [1.165, 1.54) is 0 Å². The van der Waals surface area contributed by atoms with Crippen molar-refractivity contribution in [3.8, 4) is 0 Å². The van der Waals surface area contributed by atoms with Crippen LogP contribution in [-0.4, -0.2) is 29.8 Å². The molecule has 1 atom stereocenters. The summed E-state index contributed by atoms with van der Waals surface area (Å²) in [5.74, 6) is 7.09. The van der Waals surface area contributed by atoms with Crippen LogP contribution in [0.5, 0.6) is 0 Å². The Morgan fingerprint density at radius 2 is 2.47 bits per heavy atom. The summed E-state index contributed by atoms with van der Waals surface area (Å²) in [5.41, 5.74) is 3.38. The fraction of sp³-hybridized carbons (Fsp3) is 0.636. The van der Waals surface area contributed by atoms with Gasteiger partial charge in [-0.3, -0.25) is 0 Å². The Labute approximate surface area is 101 Å². The maximum atomic E-state index is 5.58. The average molecular weight is 238 g/mol. The molecule has 6 nitrogen and oxygen atoms in total. The standard InChI is InChI=1S/C11H18N4O2/c1-8-4-10(15-12)14-11(13-8)7-17-6-9-2-3-16-5-9/h4,9H,2-3,5-7,12H2,1H3,(H,13,14,15). The number of nitrogens with one attached hydrogen (secondary N) is 1. The highest BCUT2D eigenvalue weighted by Gasteiger charge is 2.15. The number of ether oxygens (including phenoxy) is 2. The number of anilines is 1. The second kappa shape index (κ2) is 5.90. The van der Waals surface area contributed by atoms with Crippen LogP contribution in [0, 0.1) is 12.8 Å². The summed E-state index contributed by atoms with van der Waals surface area (Å²) in [6.45, 7) is 4.65. The van der Waals surface area contributed by atoms with Crippen LogP contribution in [0.3, 0.4) is 0 Å². The van der Waals surface area contributed by atoms with E-state index in [9.17, 15) is 0 Å². The molecule has 2 rings (SSSR count). The first-order valence-corrected chi connectivity index (χ1v) is 5.74. The molecule has 0 saturated carbocycles. The molecule has 1 unspecified atom stereocenters.